The van der Waals surface area contributed by atoms with Crippen LogP contribution in [0.25, 0.3) is 11.3 Å². The Bertz CT molecular complexity index is 1010. The number of aliphatic hydroxyl groups is 1. The second-order valence-corrected chi connectivity index (χ2v) is 7.60. The van der Waals surface area contributed by atoms with E-state index in [1.807, 2.05) is 38.1 Å². The third kappa shape index (κ3) is 5.04. The largest absolute Gasteiger partial charge is 0.394 e. The topological polar surface area (TPSA) is 103 Å². The third-order valence-electron chi connectivity index (χ3n) is 5.09. The number of amides is 1. The van der Waals surface area contributed by atoms with Gasteiger partial charge in [0, 0.05) is 24.0 Å². The Morgan fingerprint density at radius 2 is 2.07 bits per heavy atom. The van der Waals surface area contributed by atoms with Gasteiger partial charge in [-0.2, -0.15) is 0 Å². The predicted molar refractivity (Wildman–Crippen MR) is 118 cm³/mol. The van der Waals surface area contributed by atoms with Crippen molar-refractivity contribution in [3.05, 3.63) is 65.1 Å². The quantitative estimate of drug-likeness (QED) is 0.455. The van der Waals surface area contributed by atoms with Gasteiger partial charge in [-0.3, -0.25) is 4.79 Å². The van der Waals surface area contributed by atoms with Crippen molar-refractivity contribution < 1.29 is 9.90 Å². The molecule has 3 rings (SSSR count). The minimum absolute atomic E-state index is 0.182. The van der Waals surface area contributed by atoms with Crippen molar-refractivity contribution in [2.24, 2.45) is 0 Å². The molecule has 0 saturated carbocycles. The second kappa shape index (κ2) is 9.54. The molecule has 7 heteroatoms. The lowest BCUT2D eigenvalue weighted by Crippen LogP contribution is -2.31. The van der Waals surface area contributed by atoms with E-state index in [-0.39, 0.29) is 18.6 Å². The zero-order valence-corrected chi connectivity index (χ0v) is 17.9. The van der Waals surface area contributed by atoms with Gasteiger partial charge in [0.1, 0.15) is 5.69 Å². The number of anilines is 1. The molecule has 2 aromatic heterocycles. The van der Waals surface area contributed by atoms with Crippen LogP contribution in [0.15, 0.2) is 42.7 Å². The lowest BCUT2D eigenvalue weighted by Gasteiger charge is -2.16. The predicted octanol–water partition coefficient (Wildman–Crippen LogP) is 3.76. The van der Waals surface area contributed by atoms with Gasteiger partial charge < -0.3 is 20.7 Å². The van der Waals surface area contributed by atoms with Crippen LogP contribution in [0.2, 0.25) is 0 Å². The Balaban J connectivity index is 1.78. The van der Waals surface area contributed by atoms with Gasteiger partial charge in [0.05, 0.1) is 18.3 Å². The van der Waals surface area contributed by atoms with Gasteiger partial charge in [-0.1, -0.05) is 36.8 Å². The molecule has 3 aromatic rings. The average molecular weight is 408 g/mol. The Morgan fingerprint density at radius 3 is 2.77 bits per heavy atom. The van der Waals surface area contributed by atoms with Gasteiger partial charge in [0.2, 0.25) is 5.95 Å². The highest BCUT2D eigenvalue weighted by Gasteiger charge is 2.18. The van der Waals surface area contributed by atoms with Gasteiger partial charge in [0.15, 0.2) is 0 Å². The number of aliphatic hydroxyl groups excluding tert-OH is 1. The van der Waals surface area contributed by atoms with E-state index in [1.165, 1.54) is 0 Å². The smallest absolute Gasteiger partial charge is 0.268 e. The first-order chi connectivity index (χ1) is 14.4. The SMILES string of the molecule is CC[C@@H](C)Nc1ncc(C)c(-c2c[nH]c(C(=O)N[C@H](CO)c3cccc(C)c3)c2)n1. The molecule has 0 unspecified atom stereocenters. The molecule has 0 aliphatic carbocycles. The van der Waals surface area contributed by atoms with E-state index < -0.39 is 6.04 Å². The number of hydrogen-bond donors (Lipinski definition) is 4. The van der Waals surface area contributed by atoms with Gasteiger partial charge in [-0.25, -0.2) is 9.97 Å². The summed E-state index contributed by atoms with van der Waals surface area (Å²) in [6.07, 6.45) is 4.51. The monoisotopic (exact) mass is 407 g/mol. The van der Waals surface area contributed by atoms with E-state index in [9.17, 15) is 9.90 Å². The minimum Gasteiger partial charge on any atom is -0.394 e. The Morgan fingerprint density at radius 1 is 1.27 bits per heavy atom. The van der Waals surface area contributed by atoms with E-state index in [0.29, 0.717) is 11.6 Å². The summed E-state index contributed by atoms with van der Waals surface area (Å²) in [5.74, 6) is 0.281. The Labute approximate surface area is 177 Å². The van der Waals surface area contributed by atoms with E-state index in [4.69, 9.17) is 0 Å². The Hall–Kier alpha value is -3.19. The van der Waals surface area contributed by atoms with Crippen LogP contribution in [0.1, 0.15) is 53.5 Å². The van der Waals surface area contributed by atoms with Crippen molar-refractivity contribution in [2.45, 2.75) is 46.2 Å². The number of H-pyrrole nitrogens is 1. The summed E-state index contributed by atoms with van der Waals surface area (Å²) < 4.78 is 0. The summed E-state index contributed by atoms with van der Waals surface area (Å²) in [6, 6.07) is 9.30. The van der Waals surface area contributed by atoms with E-state index >= 15 is 0 Å². The van der Waals surface area contributed by atoms with Crippen LogP contribution in [-0.2, 0) is 0 Å². The van der Waals surface area contributed by atoms with Crippen molar-refractivity contribution in [2.75, 3.05) is 11.9 Å². The molecule has 0 radical (unpaired) electrons. The highest BCUT2D eigenvalue weighted by molar-refractivity contribution is 5.94. The van der Waals surface area contributed by atoms with E-state index in [2.05, 4.69) is 39.4 Å². The lowest BCUT2D eigenvalue weighted by molar-refractivity contribution is 0.0911. The molecule has 2 heterocycles. The molecule has 0 spiro atoms. The van der Waals surface area contributed by atoms with Gasteiger partial charge in [0.25, 0.3) is 5.91 Å². The average Bonchev–Trinajstić information content (AvgIpc) is 3.23. The van der Waals surface area contributed by atoms with Crippen molar-refractivity contribution in [3.63, 3.8) is 0 Å². The molecule has 0 bridgehead atoms. The van der Waals surface area contributed by atoms with Crippen LogP contribution in [0.3, 0.4) is 0 Å². The summed E-state index contributed by atoms with van der Waals surface area (Å²) in [7, 11) is 0. The van der Waals surface area contributed by atoms with Crippen LogP contribution < -0.4 is 10.6 Å². The molecule has 4 N–H and O–H groups in total. The molecule has 0 saturated heterocycles. The molecule has 0 aliphatic heterocycles. The number of aromatic nitrogens is 3. The van der Waals surface area contributed by atoms with E-state index in [0.717, 1.165) is 34.4 Å². The normalized spacial score (nSPS) is 13.0. The van der Waals surface area contributed by atoms with Gasteiger partial charge in [-0.05, 0) is 44.4 Å². The summed E-state index contributed by atoms with van der Waals surface area (Å²) in [5.41, 5.74) is 4.84. The van der Waals surface area contributed by atoms with Crippen LogP contribution >= 0.6 is 0 Å². The molecule has 0 aliphatic rings. The number of carbonyl (C=O) groups is 1. The zero-order valence-electron chi connectivity index (χ0n) is 17.9. The standard InChI is InChI=1S/C23H29N5O2/c1-5-16(4)26-23-25-11-15(3)21(28-23)18-10-19(24-12-18)22(30)27-20(13-29)17-8-6-7-14(2)9-17/h6-12,16,20,24,29H,5,13H2,1-4H3,(H,27,30)(H,25,26,28)/t16-,20-/m1/s1. The van der Waals surface area contributed by atoms with Crippen LogP contribution in [-0.4, -0.2) is 38.6 Å². The maximum absolute atomic E-state index is 12.8. The highest BCUT2D eigenvalue weighted by atomic mass is 16.3. The van der Waals surface area contributed by atoms with E-state index in [1.54, 1.807) is 18.5 Å². The number of hydrogen-bond acceptors (Lipinski definition) is 5. The first-order valence-electron chi connectivity index (χ1n) is 10.2. The van der Waals surface area contributed by atoms with Crippen molar-refractivity contribution in [1.82, 2.24) is 20.3 Å². The van der Waals surface area contributed by atoms with Crippen LogP contribution in [0.4, 0.5) is 5.95 Å². The number of nitrogens with one attached hydrogen (secondary N) is 3. The molecular formula is C23H29N5O2. The second-order valence-electron chi connectivity index (χ2n) is 7.60. The summed E-state index contributed by atoms with van der Waals surface area (Å²) in [5, 5.41) is 15.9. The number of benzene rings is 1. The lowest BCUT2D eigenvalue weighted by atomic mass is 10.0. The van der Waals surface area contributed by atoms with Gasteiger partial charge in [-0.15, -0.1) is 0 Å². The Kier molecular flexibility index (Phi) is 6.84. The highest BCUT2D eigenvalue weighted by Crippen LogP contribution is 2.23. The molecule has 0 fully saturated rings. The van der Waals surface area contributed by atoms with Crippen molar-refractivity contribution in [3.8, 4) is 11.3 Å². The number of aromatic amines is 1. The summed E-state index contributed by atoms with van der Waals surface area (Å²) >= 11 is 0. The molecular weight excluding hydrogens is 378 g/mol. The number of nitrogens with zero attached hydrogens (tertiary/aromatic N) is 2. The maximum atomic E-state index is 12.8. The fourth-order valence-electron chi connectivity index (χ4n) is 3.15. The number of rotatable bonds is 8. The number of carbonyl (C=O) groups excluding carboxylic acids is 1. The molecule has 7 nitrogen and oxygen atoms in total. The first-order valence-corrected chi connectivity index (χ1v) is 10.2. The third-order valence-corrected chi connectivity index (χ3v) is 5.09. The fourth-order valence-corrected chi connectivity index (χ4v) is 3.15. The molecule has 1 amide bonds. The first kappa shape index (κ1) is 21.5. The van der Waals surface area contributed by atoms with Crippen molar-refractivity contribution >= 4 is 11.9 Å². The van der Waals surface area contributed by atoms with Crippen molar-refractivity contribution in [1.29, 1.82) is 0 Å². The molecule has 30 heavy (non-hydrogen) atoms. The maximum Gasteiger partial charge on any atom is 0.268 e. The van der Waals surface area contributed by atoms with Crippen LogP contribution in [0, 0.1) is 13.8 Å². The molecule has 1 aromatic carbocycles. The zero-order chi connectivity index (χ0) is 21.7. The minimum atomic E-state index is -0.476. The molecule has 2 atom stereocenters. The summed E-state index contributed by atoms with van der Waals surface area (Å²) in [4.78, 5) is 24.7. The molecule has 158 valence electrons. The summed E-state index contributed by atoms with van der Waals surface area (Å²) in [6.45, 7) is 7.91. The van der Waals surface area contributed by atoms with Crippen LogP contribution in [0.5, 0.6) is 0 Å². The van der Waals surface area contributed by atoms with Gasteiger partial charge >= 0.3 is 0 Å². The number of aryl methyl sites for hydroxylation is 2. The fraction of sp³-hybridized carbons (Fsp3) is 0.348.